The summed E-state index contributed by atoms with van der Waals surface area (Å²) >= 11 is 11.6. The van der Waals surface area contributed by atoms with Gasteiger partial charge in [-0.3, -0.25) is 9.59 Å². The van der Waals surface area contributed by atoms with Gasteiger partial charge in [0.1, 0.15) is 11.5 Å². The number of aliphatic hydroxyl groups excluding tert-OH is 1. The Morgan fingerprint density at radius 3 is 1.78 bits per heavy atom. The molecule has 0 aromatic carbocycles. The number of pyridine rings is 2. The molecule has 0 saturated heterocycles. The fraction of sp³-hybridized carbons (Fsp3) is 0.286. The Morgan fingerprint density at radius 2 is 1.39 bits per heavy atom. The highest BCUT2D eigenvalue weighted by Gasteiger charge is 2.28. The fourth-order valence-corrected chi connectivity index (χ4v) is 2.71. The van der Waals surface area contributed by atoms with Gasteiger partial charge in [0.05, 0.1) is 21.2 Å². The number of rotatable bonds is 5. The molecule has 0 atom stereocenters. The van der Waals surface area contributed by atoms with E-state index in [0.717, 1.165) is 12.4 Å². The molecule has 9 heteroatoms. The van der Waals surface area contributed by atoms with Gasteiger partial charge < -0.3 is 25.3 Å². The summed E-state index contributed by atoms with van der Waals surface area (Å²) in [7, 11) is 0. The van der Waals surface area contributed by atoms with E-state index in [0.29, 0.717) is 0 Å². The van der Waals surface area contributed by atoms with Crippen molar-refractivity contribution in [3.05, 3.63) is 54.3 Å². The molecular weight excluding hydrogens is 347 g/mol. The minimum absolute atomic E-state index is 0.105. The molecule has 2 heterocycles. The lowest BCUT2D eigenvalue weighted by Gasteiger charge is -2.18. The number of hydrogen-bond donors (Lipinski definition) is 5. The molecule has 2 aromatic heterocycles. The third-order valence-electron chi connectivity index (χ3n) is 3.46. The molecule has 5 N–H and O–H groups in total. The average Bonchev–Trinajstić information content (AvgIpc) is 2.52. The van der Waals surface area contributed by atoms with E-state index >= 15 is 0 Å². The van der Waals surface area contributed by atoms with Crippen molar-refractivity contribution in [3.63, 3.8) is 0 Å². The van der Waals surface area contributed by atoms with Crippen LogP contribution in [-0.2, 0) is 0 Å². The van der Waals surface area contributed by atoms with E-state index in [2.05, 4.69) is 9.97 Å². The first kappa shape index (κ1) is 17.4. The number of nitrogens with one attached hydrogen (secondary N) is 2. The molecule has 0 fully saturated rings. The van der Waals surface area contributed by atoms with Crippen molar-refractivity contribution in [3.8, 4) is 11.5 Å². The van der Waals surface area contributed by atoms with Crippen LogP contribution in [0.2, 0.25) is 10.0 Å². The second-order valence-corrected chi connectivity index (χ2v) is 5.69. The zero-order valence-electron chi connectivity index (χ0n) is 11.8. The maximum absolute atomic E-state index is 12.1. The number of aromatic hydroxyl groups is 2. The standard InChI is InChI=1S/C14H14Cl2N2O5/c15-7-4-17-13(22)9(11(7)20)6(2-1-3-19)10-12(21)8(16)5-18-14(10)23/h4-6,19H,1-3H2,(H2,17,20,22)(H2,18,21,23). The summed E-state index contributed by atoms with van der Waals surface area (Å²) in [5.41, 5.74) is -1.66. The summed E-state index contributed by atoms with van der Waals surface area (Å²) in [6, 6.07) is 0. The number of aromatic nitrogens is 2. The lowest BCUT2D eigenvalue weighted by molar-refractivity contribution is 0.281. The van der Waals surface area contributed by atoms with Crippen LogP contribution in [0.5, 0.6) is 11.5 Å². The topological polar surface area (TPSA) is 126 Å². The summed E-state index contributed by atoms with van der Waals surface area (Å²) < 4.78 is 0. The van der Waals surface area contributed by atoms with E-state index in [-0.39, 0.29) is 40.6 Å². The van der Waals surface area contributed by atoms with Gasteiger partial charge in [-0.2, -0.15) is 0 Å². The number of aromatic amines is 2. The smallest absolute Gasteiger partial charge is 0.255 e. The lowest BCUT2D eigenvalue weighted by Crippen LogP contribution is -2.23. The van der Waals surface area contributed by atoms with Gasteiger partial charge in [0.15, 0.2) is 0 Å². The fourth-order valence-electron chi connectivity index (χ4n) is 2.40. The van der Waals surface area contributed by atoms with E-state index in [9.17, 15) is 19.8 Å². The molecule has 0 bridgehead atoms. The van der Waals surface area contributed by atoms with Crippen LogP contribution in [0.4, 0.5) is 0 Å². The van der Waals surface area contributed by atoms with Crippen molar-refractivity contribution in [2.75, 3.05) is 6.61 Å². The van der Waals surface area contributed by atoms with Crippen LogP contribution >= 0.6 is 23.2 Å². The summed E-state index contributed by atoms with van der Waals surface area (Å²) in [4.78, 5) is 28.9. The van der Waals surface area contributed by atoms with Gasteiger partial charge in [0, 0.05) is 24.9 Å². The van der Waals surface area contributed by atoms with Gasteiger partial charge in [0.25, 0.3) is 11.1 Å². The molecule has 0 amide bonds. The summed E-state index contributed by atoms with van der Waals surface area (Å²) in [6.07, 6.45) is 2.58. The van der Waals surface area contributed by atoms with Crippen LogP contribution in [-0.4, -0.2) is 31.9 Å². The van der Waals surface area contributed by atoms with Crippen molar-refractivity contribution in [2.45, 2.75) is 18.8 Å². The quantitative estimate of drug-likeness (QED) is 0.554. The van der Waals surface area contributed by atoms with Crippen molar-refractivity contribution >= 4 is 23.2 Å². The third-order valence-corrected chi connectivity index (χ3v) is 4.04. The van der Waals surface area contributed by atoms with Crippen LogP contribution in [0.25, 0.3) is 0 Å². The Balaban J connectivity index is 2.75. The van der Waals surface area contributed by atoms with Gasteiger partial charge in [-0.05, 0) is 12.8 Å². The first-order valence-corrected chi connectivity index (χ1v) is 7.45. The van der Waals surface area contributed by atoms with Crippen LogP contribution in [0, 0.1) is 0 Å². The van der Waals surface area contributed by atoms with Gasteiger partial charge in [0.2, 0.25) is 0 Å². The number of halogens is 2. The maximum atomic E-state index is 12.1. The summed E-state index contributed by atoms with van der Waals surface area (Å²) in [6.45, 7) is -0.199. The van der Waals surface area contributed by atoms with Gasteiger partial charge in [-0.15, -0.1) is 0 Å². The number of H-pyrrole nitrogens is 2. The van der Waals surface area contributed by atoms with Crippen LogP contribution in [0.1, 0.15) is 29.9 Å². The largest absolute Gasteiger partial charge is 0.506 e. The molecule has 0 aliphatic carbocycles. The van der Waals surface area contributed by atoms with Crippen LogP contribution in [0.15, 0.2) is 22.0 Å². The molecule has 0 radical (unpaired) electrons. The minimum atomic E-state index is -0.993. The van der Waals surface area contributed by atoms with Crippen molar-refractivity contribution in [1.29, 1.82) is 0 Å². The van der Waals surface area contributed by atoms with Crippen molar-refractivity contribution in [1.82, 2.24) is 9.97 Å². The Bertz CT molecular complexity index is 765. The molecule has 0 aliphatic heterocycles. The predicted octanol–water partition coefficient (Wildman–Crippen LogP) is 1.69. The Morgan fingerprint density at radius 1 is 0.957 bits per heavy atom. The maximum Gasteiger partial charge on any atom is 0.255 e. The second-order valence-electron chi connectivity index (χ2n) is 4.87. The zero-order valence-corrected chi connectivity index (χ0v) is 13.3. The number of hydrogen-bond acceptors (Lipinski definition) is 5. The van der Waals surface area contributed by atoms with Crippen molar-refractivity contribution in [2.24, 2.45) is 0 Å². The molecule has 7 nitrogen and oxygen atoms in total. The lowest BCUT2D eigenvalue weighted by atomic mass is 9.88. The molecule has 0 saturated carbocycles. The molecule has 2 rings (SSSR count). The first-order chi connectivity index (χ1) is 10.9. The molecule has 0 spiro atoms. The molecule has 0 aliphatic rings. The molecule has 2 aromatic rings. The Labute approximate surface area is 140 Å². The van der Waals surface area contributed by atoms with Gasteiger partial charge in [-0.25, -0.2) is 0 Å². The normalized spacial score (nSPS) is 11.1. The Kier molecular flexibility index (Phi) is 5.35. The van der Waals surface area contributed by atoms with Crippen molar-refractivity contribution < 1.29 is 15.3 Å². The monoisotopic (exact) mass is 360 g/mol. The first-order valence-electron chi connectivity index (χ1n) is 6.69. The Hall–Kier alpha value is -1.96. The average molecular weight is 361 g/mol. The third kappa shape index (κ3) is 3.36. The van der Waals surface area contributed by atoms with Gasteiger partial charge in [-0.1, -0.05) is 23.2 Å². The number of aliphatic hydroxyl groups is 1. The predicted molar refractivity (Wildman–Crippen MR) is 85.6 cm³/mol. The second kappa shape index (κ2) is 7.08. The molecular formula is C14H14Cl2N2O5. The van der Waals surface area contributed by atoms with Gasteiger partial charge >= 0.3 is 0 Å². The summed E-state index contributed by atoms with van der Waals surface area (Å²) in [5.74, 6) is -1.97. The van der Waals surface area contributed by atoms with E-state index in [1.54, 1.807) is 0 Å². The van der Waals surface area contributed by atoms with Crippen LogP contribution < -0.4 is 11.1 Å². The molecule has 23 heavy (non-hydrogen) atoms. The highest BCUT2D eigenvalue weighted by molar-refractivity contribution is 6.32. The van der Waals surface area contributed by atoms with E-state index in [1.807, 2.05) is 0 Å². The molecule has 0 unspecified atom stereocenters. The van der Waals surface area contributed by atoms with E-state index in [4.69, 9.17) is 28.3 Å². The minimum Gasteiger partial charge on any atom is -0.506 e. The highest BCUT2D eigenvalue weighted by atomic mass is 35.5. The zero-order chi connectivity index (χ0) is 17.1. The SMILES string of the molecule is O=c1[nH]cc(Cl)c(O)c1C(CCCO)c1c(O)c(Cl)c[nH]c1=O. The van der Waals surface area contributed by atoms with Crippen LogP contribution in [0.3, 0.4) is 0 Å². The summed E-state index contributed by atoms with van der Waals surface area (Å²) in [5, 5.41) is 29.1. The van der Waals surface area contributed by atoms with E-state index < -0.39 is 28.5 Å². The molecule has 124 valence electrons. The van der Waals surface area contributed by atoms with E-state index in [1.165, 1.54) is 0 Å². The highest BCUT2D eigenvalue weighted by Crippen LogP contribution is 2.39.